The lowest BCUT2D eigenvalue weighted by molar-refractivity contribution is -0.137. The van der Waals surface area contributed by atoms with Crippen LogP contribution < -0.4 is 10.6 Å². The number of benzene rings is 3. The van der Waals surface area contributed by atoms with Gasteiger partial charge in [-0.1, -0.05) is 23.8 Å². The molecule has 0 bridgehead atoms. The fourth-order valence-electron chi connectivity index (χ4n) is 6.78. The van der Waals surface area contributed by atoms with E-state index < -0.39 is 55.2 Å². The van der Waals surface area contributed by atoms with Gasteiger partial charge in [0, 0.05) is 40.1 Å². The van der Waals surface area contributed by atoms with Crippen molar-refractivity contribution >= 4 is 44.5 Å². The van der Waals surface area contributed by atoms with Crippen LogP contribution >= 0.6 is 11.6 Å². The molecule has 1 amide bonds. The fourth-order valence-corrected chi connectivity index (χ4v) is 9.18. The summed E-state index contributed by atoms with van der Waals surface area (Å²) in [4.78, 5) is 25.9. The topological polar surface area (TPSA) is 110 Å². The van der Waals surface area contributed by atoms with Gasteiger partial charge in [-0.2, -0.15) is 18.3 Å². The number of fused-ring (bicyclic) bond motifs is 1. The Morgan fingerprint density at radius 3 is 2.55 bits per heavy atom. The van der Waals surface area contributed by atoms with Gasteiger partial charge in [-0.05, 0) is 109 Å². The highest BCUT2D eigenvalue weighted by Gasteiger charge is 2.41. The number of nitrogens with zero attached hydrogens (tertiary/aromatic N) is 2. The molecule has 274 valence electrons. The Labute approximate surface area is 306 Å². The molecule has 1 aromatic heterocycles. The molecular weight excluding hydrogens is 739 g/mol. The highest BCUT2D eigenvalue weighted by Crippen LogP contribution is 2.43. The first kappa shape index (κ1) is 36.5. The molecule has 15 heteroatoms. The van der Waals surface area contributed by atoms with E-state index in [1.165, 1.54) is 24.3 Å². The largest absolute Gasteiger partial charge is 0.416 e. The van der Waals surface area contributed by atoms with Crippen LogP contribution in [0.4, 0.5) is 27.6 Å². The number of rotatable bonds is 7. The van der Waals surface area contributed by atoms with Gasteiger partial charge in [0.05, 0.1) is 28.6 Å². The Morgan fingerprint density at radius 1 is 1.06 bits per heavy atom. The van der Waals surface area contributed by atoms with Gasteiger partial charge in [0.2, 0.25) is 0 Å². The molecule has 1 aliphatic heterocycles. The molecule has 2 heterocycles. The van der Waals surface area contributed by atoms with Crippen LogP contribution in [0, 0.1) is 11.6 Å². The van der Waals surface area contributed by atoms with Crippen molar-refractivity contribution in [1.29, 1.82) is 0 Å². The maximum Gasteiger partial charge on any atom is 0.416 e. The Balaban J connectivity index is 1.37. The van der Waals surface area contributed by atoms with Gasteiger partial charge in [0.15, 0.2) is 9.84 Å². The average Bonchev–Trinajstić information content (AvgIpc) is 3.88. The summed E-state index contributed by atoms with van der Waals surface area (Å²) in [5.41, 5.74) is 0.507. The number of amides is 1. The number of anilines is 1. The Kier molecular flexibility index (Phi) is 9.52. The molecule has 2 N–H and O–H groups in total. The van der Waals surface area contributed by atoms with E-state index in [1.54, 1.807) is 42.1 Å². The molecule has 1 saturated carbocycles. The van der Waals surface area contributed by atoms with E-state index in [-0.39, 0.29) is 70.2 Å². The lowest BCUT2D eigenvalue weighted by Gasteiger charge is -2.28. The molecule has 53 heavy (non-hydrogen) atoms. The van der Waals surface area contributed by atoms with E-state index in [9.17, 15) is 40.0 Å². The number of sulfone groups is 1. The molecule has 0 spiro atoms. The highest BCUT2D eigenvalue weighted by molar-refractivity contribution is 7.92. The molecule has 2 aliphatic carbocycles. The Bertz CT molecular complexity index is 2390. The number of hydrogen-bond acceptors (Lipinski definition) is 6. The van der Waals surface area contributed by atoms with E-state index in [0.29, 0.717) is 28.8 Å². The number of hydrogen-bond donors (Lipinski definition) is 2. The SMILES string of the molecule is CC1=CC(c2cc(F)ccc2Cl)=CC(S(=O)(=O)C2CNCCc3c(NC(=O)c4cc(F)cc(C(F)(F)F)c4)cc(-c4cnn(C5CC5)c4)cc32)C1=C=O. The van der Waals surface area contributed by atoms with Gasteiger partial charge >= 0.3 is 6.18 Å². The van der Waals surface area contributed by atoms with E-state index in [4.69, 9.17) is 11.6 Å². The van der Waals surface area contributed by atoms with E-state index in [1.807, 2.05) is 0 Å². The minimum absolute atomic E-state index is 0.108. The number of carbonyl (C=O) groups is 1. The van der Waals surface area contributed by atoms with Gasteiger partial charge in [-0.25, -0.2) is 22.0 Å². The second kappa shape index (κ2) is 13.8. The van der Waals surface area contributed by atoms with Crippen LogP contribution in [0.25, 0.3) is 16.7 Å². The summed E-state index contributed by atoms with van der Waals surface area (Å²) in [7, 11) is -4.43. The van der Waals surface area contributed by atoms with Gasteiger partial charge in [-0.15, -0.1) is 0 Å². The molecule has 7 rings (SSSR count). The van der Waals surface area contributed by atoms with Crippen molar-refractivity contribution in [3.05, 3.63) is 129 Å². The predicted octanol–water partition coefficient (Wildman–Crippen LogP) is 7.86. The van der Waals surface area contributed by atoms with Crippen LogP contribution in [-0.2, 0) is 27.2 Å². The van der Waals surface area contributed by atoms with Crippen LogP contribution in [-0.4, -0.2) is 48.4 Å². The zero-order valence-electron chi connectivity index (χ0n) is 27.9. The molecule has 2 atom stereocenters. The molecule has 1 fully saturated rings. The number of carbonyl (C=O) groups excluding carboxylic acids is 2. The van der Waals surface area contributed by atoms with Crippen molar-refractivity contribution in [2.24, 2.45) is 0 Å². The summed E-state index contributed by atoms with van der Waals surface area (Å²) >= 11 is 6.39. The quantitative estimate of drug-likeness (QED) is 0.146. The van der Waals surface area contributed by atoms with E-state index >= 15 is 0 Å². The summed E-state index contributed by atoms with van der Waals surface area (Å²) in [6, 6.07) is 8.64. The monoisotopic (exact) mass is 768 g/mol. The Hall–Kier alpha value is -4.88. The first-order chi connectivity index (χ1) is 25.1. The van der Waals surface area contributed by atoms with Crippen molar-refractivity contribution in [2.45, 2.75) is 48.9 Å². The normalized spacial score (nSPS) is 19.1. The number of halogens is 6. The summed E-state index contributed by atoms with van der Waals surface area (Å²) < 4.78 is 101. The smallest absolute Gasteiger partial charge is 0.322 e. The lowest BCUT2D eigenvalue weighted by atomic mass is 9.92. The molecule has 3 aliphatic rings. The summed E-state index contributed by atoms with van der Waals surface area (Å²) in [6.45, 7) is 1.68. The number of allylic oxidation sites excluding steroid dienone is 3. The highest BCUT2D eigenvalue weighted by atomic mass is 35.5. The minimum atomic E-state index is -4.92. The van der Waals surface area contributed by atoms with E-state index in [2.05, 4.69) is 15.7 Å². The molecule has 0 radical (unpaired) electrons. The number of alkyl halides is 3. The van der Waals surface area contributed by atoms with Crippen molar-refractivity contribution in [3.63, 3.8) is 0 Å². The van der Waals surface area contributed by atoms with Crippen LogP contribution in [0.15, 0.2) is 84.2 Å². The van der Waals surface area contributed by atoms with Crippen LogP contribution in [0.5, 0.6) is 0 Å². The van der Waals surface area contributed by atoms with Gasteiger partial charge in [0.25, 0.3) is 5.91 Å². The van der Waals surface area contributed by atoms with Crippen molar-refractivity contribution in [2.75, 3.05) is 18.4 Å². The average molecular weight is 769 g/mol. The standard InChI is InChI=1S/C38H30ClF5N4O4S/c1-20-8-22(30-15-26(40)2-5-33(30)39)13-35(32(20)19-49)53(51,52)36-17-45-7-6-29-31(36)11-21(24-16-46-48(18-24)28-3-4-28)12-34(29)47-37(50)23-9-25(38(42,43)44)14-27(41)10-23/h2,5,8-16,18,28,35-36,45H,3-4,6-7,17H2,1H3,(H,47,50). The van der Waals surface area contributed by atoms with Crippen molar-refractivity contribution in [1.82, 2.24) is 15.1 Å². The van der Waals surface area contributed by atoms with Gasteiger partial charge < -0.3 is 10.6 Å². The zero-order chi connectivity index (χ0) is 37.8. The number of aromatic nitrogens is 2. The maximum atomic E-state index is 14.9. The summed E-state index contributed by atoms with van der Waals surface area (Å²) in [6.07, 6.45) is 3.38. The summed E-state index contributed by atoms with van der Waals surface area (Å²) in [5.74, 6) is -1.12. The molecular formula is C38H30ClF5N4O4S. The Morgan fingerprint density at radius 2 is 1.83 bits per heavy atom. The number of nitrogens with one attached hydrogen (secondary N) is 2. The van der Waals surface area contributed by atoms with Crippen LogP contribution in [0.1, 0.15) is 63.7 Å². The van der Waals surface area contributed by atoms with Crippen LogP contribution in [0.3, 0.4) is 0 Å². The molecule has 8 nitrogen and oxygen atoms in total. The first-order valence-corrected chi connectivity index (χ1v) is 18.6. The second-order valence-corrected chi connectivity index (χ2v) is 15.9. The predicted molar refractivity (Wildman–Crippen MR) is 190 cm³/mol. The lowest BCUT2D eigenvalue weighted by Crippen LogP contribution is -2.34. The van der Waals surface area contributed by atoms with Crippen molar-refractivity contribution in [3.8, 4) is 11.1 Å². The fraction of sp³-hybridized carbons (Fsp3) is 0.263. The summed E-state index contributed by atoms with van der Waals surface area (Å²) in [5, 5.41) is 7.49. The third kappa shape index (κ3) is 7.24. The third-order valence-corrected chi connectivity index (χ3v) is 12.2. The first-order valence-electron chi connectivity index (χ1n) is 16.6. The molecule has 0 saturated heterocycles. The van der Waals surface area contributed by atoms with Crippen LogP contribution in [0.2, 0.25) is 5.02 Å². The van der Waals surface area contributed by atoms with Gasteiger partial charge in [0.1, 0.15) is 22.8 Å². The van der Waals surface area contributed by atoms with Gasteiger partial charge in [-0.3, -0.25) is 9.48 Å². The zero-order valence-corrected chi connectivity index (χ0v) is 29.5. The third-order valence-electron chi connectivity index (χ3n) is 9.62. The van der Waals surface area contributed by atoms with Crippen molar-refractivity contribution < 1.29 is 40.0 Å². The molecule has 4 aromatic rings. The van der Waals surface area contributed by atoms with E-state index in [0.717, 1.165) is 18.9 Å². The maximum absolute atomic E-state index is 14.9. The second-order valence-electron chi connectivity index (χ2n) is 13.3. The molecule has 2 unspecified atom stereocenters. The minimum Gasteiger partial charge on any atom is -0.322 e. The molecule has 3 aromatic carbocycles.